The van der Waals surface area contributed by atoms with E-state index in [0.717, 1.165) is 19.3 Å². The molecule has 0 spiro atoms. The fourth-order valence-corrected chi connectivity index (χ4v) is 2.88. The quantitative estimate of drug-likeness (QED) is 0.682. The van der Waals surface area contributed by atoms with Crippen LogP contribution < -0.4 is 0 Å². The highest BCUT2D eigenvalue weighted by atomic mass is 16.1. The second kappa shape index (κ2) is 4.27. The highest BCUT2D eigenvalue weighted by molar-refractivity contribution is 5.86. The smallest absolute Gasteiger partial charge is 0.139 e. The van der Waals surface area contributed by atoms with Crippen molar-refractivity contribution in [3.63, 3.8) is 0 Å². The number of carbonyl (C=O) groups is 1. The lowest BCUT2D eigenvalue weighted by Crippen LogP contribution is -2.49. The Kier molecular flexibility index (Phi) is 3.63. The Bertz CT molecular complexity index is 242. The number of rotatable bonds is 3. The monoisotopic (exact) mass is 210 g/mol. The summed E-state index contributed by atoms with van der Waals surface area (Å²) in [5, 5.41) is 0. The summed E-state index contributed by atoms with van der Waals surface area (Å²) in [6, 6.07) is 0. The van der Waals surface area contributed by atoms with E-state index in [1.54, 1.807) is 0 Å². The fourth-order valence-electron chi connectivity index (χ4n) is 2.88. The third kappa shape index (κ3) is 1.98. The summed E-state index contributed by atoms with van der Waals surface area (Å²) < 4.78 is 0. The predicted octanol–water partition coefficient (Wildman–Crippen LogP) is 4.21. The highest BCUT2D eigenvalue weighted by Crippen LogP contribution is 2.53. The van der Waals surface area contributed by atoms with Crippen LogP contribution >= 0.6 is 0 Å². The van der Waals surface area contributed by atoms with Gasteiger partial charge in [0.2, 0.25) is 0 Å². The second-order valence-electron chi connectivity index (χ2n) is 6.02. The van der Waals surface area contributed by atoms with E-state index in [0.29, 0.717) is 11.7 Å². The molecule has 1 rings (SSSR count). The highest BCUT2D eigenvalue weighted by Gasteiger charge is 2.51. The van der Waals surface area contributed by atoms with Crippen LogP contribution in [0.3, 0.4) is 0 Å². The van der Waals surface area contributed by atoms with Crippen molar-refractivity contribution in [2.24, 2.45) is 16.7 Å². The van der Waals surface area contributed by atoms with E-state index in [-0.39, 0.29) is 10.8 Å². The normalized spacial score (nSPS) is 35.5. The number of hydrogen-bond donors (Lipinski definition) is 0. The molecule has 0 radical (unpaired) electrons. The van der Waals surface area contributed by atoms with E-state index in [9.17, 15) is 4.79 Å². The first-order valence-electron chi connectivity index (χ1n) is 6.39. The van der Waals surface area contributed by atoms with Crippen LogP contribution in [0.25, 0.3) is 0 Å². The van der Waals surface area contributed by atoms with E-state index in [1.807, 2.05) is 0 Å². The van der Waals surface area contributed by atoms with Crippen LogP contribution in [-0.2, 0) is 4.79 Å². The number of unbranched alkanes of at least 4 members (excludes halogenated alkanes) is 1. The minimum atomic E-state index is -0.0827. The maximum Gasteiger partial charge on any atom is 0.139 e. The third-order valence-electron chi connectivity index (χ3n) is 5.10. The molecule has 1 aliphatic rings. The minimum Gasteiger partial charge on any atom is -0.299 e. The Morgan fingerprint density at radius 3 is 2.47 bits per heavy atom. The van der Waals surface area contributed by atoms with Gasteiger partial charge in [0.25, 0.3) is 0 Å². The van der Waals surface area contributed by atoms with Crippen molar-refractivity contribution in [1.29, 1.82) is 0 Å². The van der Waals surface area contributed by atoms with Gasteiger partial charge in [-0.05, 0) is 24.2 Å². The second-order valence-corrected chi connectivity index (χ2v) is 6.02. The van der Waals surface area contributed by atoms with Crippen molar-refractivity contribution in [3.8, 4) is 0 Å². The van der Waals surface area contributed by atoms with Gasteiger partial charge in [-0.2, -0.15) is 0 Å². The van der Waals surface area contributed by atoms with Crippen molar-refractivity contribution < 1.29 is 4.79 Å². The Hall–Kier alpha value is -0.330. The molecule has 0 amide bonds. The van der Waals surface area contributed by atoms with E-state index < -0.39 is 0 Å². The molecule has 15 heavy (non-hydrogen) atoms. The van der Waals surface area contributed by atoms with Crippen LogP contribution in [0.1, 0.15) is 66.7 Å². The number of carbonyl (C=O) groups excluding carboxylic acids is 1. The summed E-state index contributed by atoms with van der Waals surface area (Å²) in [6.45, 7) is 11.3. The lowest BCUT2D eigenvalue weighted by atomic mass is 9.52. The van der Waals surface area contributed by atoms with E-state index >= 15 is 0 Å². The third-order valence-corrected chi connectivity index (χ3v) is 5.10. The van der Waals surface area contributed by atoms with E-state index in [4.69, 9.17) is 0 Å². The van der Waals surface area contributed by atoms with Gasteiger partial charge in [0.1, 0.15) is 5.78 Å². The van der Waals surface area contributed by atoms with Crippen molar-refractivity contribution >= 4 is 5.78 Å². The lowest BCUT2D eigenvalue weighted by molar-refractivity contribution is -0.144. The molecule has 0 aromatic heterocycles. The van der Waals surface area contributed by atoms with Gasteiger partial charge in [-0.15, -0.1) is 0 Å². The Morgan fingerprint density at radius 2 is 1.93 bits per heavy atom. The lowest BCUT2D eigenvalue weighted by Gasteiger charge is -2.51. The van der Waals surface area contributed by atoms with E-state index in [2.05, 4.69) is 34.6 Å². The molecule has 0 heterocycles. The predicted molar refractivity (Wildman–Crippen MR) is 64.8 cm³/mol. The minimum absolute atomic E-state index is 0.0827. The van der Waals surface area contributed by atoms with Crippen molar-refractivity contribution in [2.75, 3.05) is 0 Å². The van der Waals surface area contributed by atoms with Crippen molar-refractivity contribution in [1.82, 2.24) is 0 Å². The molecule has 0 aromatic carbocycles. The van der Waals surface area contributed by atoms with Gasteiger partial charge >= 0.3 is 0 Å². The SMILES string of the molecule is CCCCC1(C)C(=O)CCC(C)C1(C)C. The van der Waals surface area contributed by atoms with Crippen molar-refractivity contribution in [3.05, 3.63) is 0 Å². The van der Waals surface area contributed by atoms with Gasteiger partial charge in [-0.25, -0.2) is 0 Å². The van der Waals surface area contributed by atoms with Crippen molar-refractivity contribution in [2.45, 2.75) is 66.7 Å². The molecular weight excluding hydrogens is 184 g/mol. The maximum absolute atomic E-state index is 12.2. The molecule has 0 saturated heterocycles. The van der Waals surface area contributed by atoms with Crippen LogP contribution in [0.4, 0.5) is 0 Å². The molecule has 1 nitrogen and oxygen atoms in total. The summed E-state index contributed by atoms with van der Waals surface area (Å²) in [5.41, 5.74) is 0.0815. The summed E-state index contributed by atoms with van der Waals surface area (Å²) >= 11 is 0. The Balaban J connectivity index is 2.92. The van der Waals surface area contributed by atoms with Gasteiger partial charge in [-0.3, -0.25) is 4.79 Å². The largest absolute Gasteiger partial charge is 0.299 e. The molecule has 1 fully saturated rings. The summed E-state index contributed by atoms with van der Waals surface area (Å²) in [5.74, 6) is 1.16. The molecule has 1 aliphatic carbocycles. The maximum atomic E-state index is 12.2. The van der Waals surface area contributed by atoms with Crippen LogP contribution in [0.5, 0.6) is 0 Å². The average molecular weight is 210 g/mol. The zero-order chi connectivity index (χ0) is 11.7. The molecule has 1 saturated carbocycles. The van der Waals surface area contributed by atoms with Crippen LogP contribution in [-0.4, -0.2) is 5.78 Å². The van der Waals surface area contributed by atoms with Gasteiger partial charge in [-0.1, -0.05) is 47.5 Å². The molecular formula is C14H26O. The zero-order valence-electron chi connectivity index (χ0n) is 11.0. The van der Waals surface area contributed by atoms with Gasteiger partial charge in [0.15, 0.2) is 0 Å². The molecule has 0 bridgehead atoms. The molecule has 1 heteroatoms. The van der Waals surface area contributed by atoms with Gasteiger partial charge in [0.05, 0.1) is 0 Å². The van der Waals surface area contributed by atoms with Crippen LogP contribution in [0.15, 0.2) is 0 Å². The summed E-state index contributed by atoms with van der Waals surface area (Å²) in [6.07, 6.45) is 5.31. The summed E-state index contributed by atoms with van der Waals surface area (Å²) in [4.78, 5) is 12.2. The van der Waals surface area contributed by atoms with E-state index in [1.165, 1.54) is 12.8 Å². The summed E-state index contributed by atoms with van der Waals surface area (Å²) in [7, 11) is 0. The average Bonchev–Trinajstić information content (AvgIpc) is 2.19. The zero-order valence-corrected chi connectivity index (χ0v) is 11.0. The van der Waals surface area contributed by atoms with Gasteiger partial charge in [0, 0.05) is 11.8 Å². The fraction of sp³-hybridized carbons (Fsp3) is 0.929. The van der Waals surface area contributed by atoms with Gasteiger partial charge < -0.3 is 0 Å². The number of ketones is 1. The molecule has 0 aliphatic heterocycles. The molecule has 88 valence electrons. The molecule has 0 aromatic rings. The molecule has 0 N–H and O–H groups in total. The van der Waals surface area contributed by atoms with Crippen LogP contribution in [0, 0.1) is 16.7 Å². The number of hydrogen-bond acceptors (Lipinski definition) is 1. The first-order valence-corrected chi connectivity index (χ1v) is 6.39. The molecule has 2 unspecified atom stereocenters. The Morgan fingerprint density at radius 1 is 1.33 bits per heavy atom. The molecule has 2 atom stereocenters. The topological polar surface area (TPSA) is 17.1 Å². The first kappa shape index (κ1) is 12.7. The first-order chi connectivity index (χ1) is 6.86. The Labute approximate surface area is 94.6 Å². The standard InChI is InChI=1S/C14H26O/c1-6-7-10-14(5)12(15)9-8-11(2)13(14,3)4/h11H,6-10H2,1-5H3. The van der Waals surface area contributed by atoms with Crippen LogP contribution in [0.2, 0.25) is 0 Å². The number of Topliss-reactive ketones (excluding diaryl/α,β-unsaturated/α-hetero) is 1.